The number of carboxylic acid groups (broad SMARTS) is 1. The van der Waals surface area contributed by atoms with E-state index in [1.54, 1.807) is 19.1 Å². The highest BCUT2D eigenvalue weighted by Crippen LogP contribution is 2.35. The first-order chi connectivity index (χ1) is 13.1. The molecule has 2 heterocycles. The number of halogens is 3. The van der Waals surface area contributed by atoms with Gasteiger partial charge in [-0.3, -0.25) is 9.59 Å². The largest absolute Gasteiger partial charge is 0.481 e. The average Bonchev–Trinajstić information content (AvgIpc) is 3.06. The minimum Gasteiger partial charge on any atom is -0.481 e. The molecule has 1 saturated heterocycles. The third-order valence-corrected chi connectivity index (χ3v) is 5.06. The molecule has 3 rings (SSSR count). The number of hydrogen-bond donors (Lipinski definition) is 1. The second-order valence-electron chi connectivity index (χ2n) is 7.11. The van der Waals surface area contributed by atoms with Crippen molar-refractivity contribution in [2.75, 3.05) is 13.1 Å². The van der Waals surface area contributed by atoms with Crippen molar-refractivity contribution in [2.45, 2.75) is 26.4 Å². The number of benzene rings is 1. The van der Waals surface area contributed by atoms with Gasteiger partial charge in [0, 0.05) is 13.1 Å². The smallest absolute Gasteiger partial charge is 0.434 e. The Balaban J connectivity index is 1.95. The van der Waals surface area contributed by atoms with E-state index in [2.05, 4.69) is 5.10 Å². The standard InChI is InChI=1S/C19H20F3N3O3/c1-11-3-5-13(6-4-11)25-16(19(20,21)22)15(9-23-25)17(26)24-8-7-14(18(27)28)12(2)10-24/h3-6,9,12,14H,7-8,10H2,1-2H3,(H,27,28). The molecule has 28 heavy (non-hydrogen) atoms. The quantitative estimate of drug-likeness (QED) is 0.865. The van der Waals surface area contributed by atoms with E-state index in [9.17, 15) is 27.9 Å². The fourth-order valence-electron chi connectivity index (χ4n) is 3.53. The van der Waals surface area contributed by atoms with Crippen LogP contribution in [0.3, 0.4) is 0 Å². The van der Waals surface area contributed by atoms with E-state index in [0.29, 0.717) is 0 Å². The molecule has 1 aromatic carbocycles. The predicted molar refractivity (Wildman–Crippen MR) is 94.1 cm³/mol. The van der Waals surface area contributed by atoms with Crippen molar-refractivity contribution in [1.82, 2.24) is 14.7 Å². The van der Waals surface area contributed by atoms with Crippen LogP contribution in [-0.4, -0.2) is 44.8 Å². The first kappa shape index (κ1) is 19.9. The van der Waals surface area contributed by atoms with Gasteiger partial charge in [0.2, 0.25) is 0 Å². The Labute approximate surface area is 159 Å². The molecule has 0 spiro atoms. The Morgan fingerprint density at radius 1 is 1.21 bits per heavy atom. The second kappa shape index (κ2) is 7.29. The average molecular weight is 395 g/mol. The van der Waals surface area contributed by atoms with Crippen LogP contribution in [0.2, 0.25) is 0 Å². The summed E-state index contributed by atoms with van der Waals surface area (Å²) in [4.78, 5) is 25.3. The Hall–Kier alpha value is -2.84. The number of carbonyl (C=O) groups is 2. The predicted octanol–water partition coefficient (Wildman–Crippen LogP) is 3.38. The van der Waals surface area contributed by atoms with Gasteiger partial charge in [0.15, 0.2) is 5.69 Å². The highest BCUT2D eigenvalue weighted by atomic mass is 19.4. The minimum absolute atomic E-state index is 0.0861. The zero-order valence-corrected chi connectivity index (χ0v) is 15.4. The van der Waals surface area contributed by atoms with E-state index in [1.165, 1.54) is 17.0 Å². The normalized spacial score (nSPS) is 20.2. The molecular weight excluding hydrogens is 375 g/mol. The van der Waals surface area contributed by atoms with Crippen LogP contribution < -0.4 is 0 Å². The molecule has 2 atom stereocenters. The van der Waals surface area contributed by atoms with E-state index < -0.39 is 35.2 Å². The Kier molecular flexibility index (Phi) is 5.18. The van der Waals surface area contributed by atoms with Crippen LogP contribution in [0.4, 0.5) is 13.2 Å². The minimum atomic E-state index is -4.78. The molecule has 1 aliphatic rings. The molecule has 9 heteroatoms. The van der Waals surface area contributed by atoms with Crippen molar-refractivity contribution < 1.29 is 27.9 Å². The lowest BCUT2D eigenvalue weighted by atomic mass is 9.87. The fraction of sp³-hybridized carbons (Fsp3) is 0.421. The van der Waals surface area contributed by atoms with Gasteiger partial charge in [0.1, 0.15) is 0 Å². The molecule has 2 unspecified atom stereocenters. The molecule has 0 radical (unpaired) electrons. The lowest BCUT2D eigenvalue weighted by Crippen LogP contribution is -2.45. The van der Waals surface area contributed by atoms with Crippen molar-refractivity contribution in [1.29, 1.82) is 0 Å². The number of aryl methyl sites for hydroxylation is 1. The summed E-state index contributed by atoms with van der Waals surface area (Å²) in [5.74, 6) is -2.71. The summed E-state index contributed by atoms with van der Waals surface area (Å²) >= 11 is 0. The molecule has 0 saturated carbocycles. The summed E-state index contributed by atoms with van der Waals surface area (Å²) < 4.78 is 42.0. The van der Waals surface area contributed by atoms with Gasteiger partial charge >= 0.3 is 12.1 Å². The van der Waals surface area contributed by atoms with E-state index in [0.717, 1.165) is 16.4 Å². The Morgan fingerprint density at radius 2 is 1.86 bits per heavy atom. The van der Waals surface area contributed by atoms with Crippen molar-refractivity contribution >= 4 is 11.9 Å². The highest BCUT2D eigenvalue weighted by Gasteiger charge is 2.42. The number of alkyl halides is 3. The number of nitrogens with zero attached hydrogens (tertiary/aromatic N) is 3. The number of carbonyl (C=O) groups excluding carboxylic acids is 1. The summed E-state index contributed by atoms with van der Waals surface area (Å²) in [6.45, 7) is 3.67. The zero-order valence-electron chi connectivity index (χ0n) is 15.4. The van der Waals surface area contributed by atoms with E-state index in [1.807, 2.05) is 6.92 Å². The number of likely N-dealkylation sites (tertiary alicyclic amines) is 1. The number of hydrogen-bond acceptors (Lipinski definition) is 3. The first-order valence-corrected chi connectivity index (χ1v) is 8.84. The number of piperidine rings is 1. The summed E-state index contributed by atoms with van der Waals surface area (Å²) in [6.07, 6.45) is -3.65. The van der Waals surface area contributed by atoms with E-state index >= 15 is 0 Å². The molecule has 1 N–H and O–H groups in total. The SMILES string of the molecule is Cc1ccc(-n2ncc(C(=O)N3CCC(C(=O)O)C(C)C3)c2C(F)(F)F)cc1. The van der Waals surface area contributed by atoms with Crippen LogP contribution in [0.25, 0.3) is 5.69 Å². The summed E-state index contributed by atoms with van der Waals surface area (Å²) in [5, 5.41) is 13.0. The van der Waals surface area contributed by atoms with E-state index in [4.69, 9.17) is 0 Å². The number of carboxylic acids is 1. The molecule has 1 aromatic heterocycles. The molecular formula is C19H20F3N3O3. The fourth-order valence-corrected chi connectivity index (χ4v) is 3.53. The lowest BCUT2D eigenvalue weighted by Gasteiger charge is -2.35. The zero-order chi connectivity index (χ0) is 20.6. The van der Waals surface area contributed by atoms with Gasteiger partial charge in [-0.15, -0.1) is 0 Å². The monoisotopic (exact) mass is 395 g/mol. The van der Waals surface area contributed by atoms with Crippen LogP contribution in [0, 0.1) is 18.8 Å². The maximum Gasteiger partial charge on any atom is 0.434 e. The van der Waals surface area contributed by atoms with Gasteiger partial charge in [-0.2, -0.15) is 18.3 Å². The molecule has 0 aliphatic carbocycles. The maximum atomic E-state index is 13.8. The molecule has 1 fully saturated rings. The van der Waals surface area contributed by atoms with Crippen molar-refractivity contribution in [3.05, 3.63) is 47.3 Å². The van der Waals surface area contributed by atoms with Crippen molar-refractivity contribution in [2.24, 2.45) is 11.8 Å². The lowest BCUT2D eigenvalue weighted by molar-refractivity contribution is -0.145. The Bertz CT molecular complexity index is 890. The first-order valence-electron chi connectivity index (χ1n) is 8.84. The van der Waals surface area contributed by atoms with Gasteiger partial charge in [-0.1, -0.05) is 24.6 Å². The summed E-state index contributed by atoms with van der Waals surface area (Å²) in [5.41, 5.74) is -0.575. The van der Waals surface area contributed by atoms with Gasteiger partial charge < -0.3 is 10.0 Å². The highest BCUT2D eigenvalue weighted by molar-refractivity contribution is 5.95. The molecule has 150 valence electrons. The van der Waals surface area contributed by atoms with Crippen LogP contribution in [0.5, 0.6) is 0 Å². The number of rotatable bonds is 3. The third-order valence-electron chi connectivity index (χ3n) is 5.06. The van der Waals surface area contributed by atoms with Crippen LogP contribution >= 0.6 is 0 Å². The summed E-state index contributed by atoms with van der Waals surface area (Å²) in [7, 11) is 0. The van der Waals surface area contributed by atoms with Crippen LogP contribution in [0.15, 0.2) is 30.5 Å². The van der Waals surface area contributed by atoms with Crippen molar-refractivity contribution in [3.63, 3.8) is 0 Å². The Morgan fingerprint density at radius 3 is 2.39 bits per heavy atom. The third kappa shape index (κ3) is 3.74. The van der Waals surface area contributed by atoms with Gasteiger partial charge in [-0.25, -0.2) is 4.68 Å². The second-order valence-corrected chi connectivity index (χ2v) is 7.11. The van der Waals surface area contributed by atoms with Gasteiger partial charge in [0.25, 0.3) is 5.91 Å². The van der Waals surface area contributed by atoms with Crippen LogP contribution in [-0.2, 0) is 11.0 Å². The van der Waals surface area contributed by atoms with Gasteiger partial charge in [0.05, 0.1) is 23.4 Å². The topological polar surface area (TPSA) is 75.4 Å². The number of aromatic nitrogens is 2. The van der Waals surface area contributed by atoms with Crippen molar-refractivity contribution in [3.8, 4) is 5.69 Å². The molecule has 1 amide bonds. The van der Waals surface area contributed by atoms with Gasteiger partial charge in [-0.05, 0) is 31.4 Å². The molecule has 0 bridgehead atoms. The summed E-state index contributed by atoms with van der Waals surface area (Å²) in [6, 6.07) is 6.34. The van der Waals surface area contributed by atoms with E-state index in [-0.39, 0.29) is 31.1 Å². The molecule has 6 nitrogen and oxygen atoms in total. The molecule has 1 aliphatic heterocycles. The number of amides is 1. The van der Waals surface area contributed by atoms with Crippen LogP contribution in [0.1, 0.15) is 35.0 Å². The maximum absolute atomic E-state index is 13.8. The number of aliphatic carboxylic acids is 1. The molecule has 2 aromatic rings.